The lowest BCUT2D eigenvalue weighted by molar-refractivity contribution is 0.0936. The highest BCUT2D eigenvalue weighted by Crippen LogP contribution is 2.30. The van der Waals surface area contributed by atoms with Crippen molar-refractivity contribution in [2.75, 3.05) is 14.2 Å². The van der Waals surface area contributed by atoms with Crippen molar-refractivity contribution in [3.8, 4) is 11.5 Å². The van der Waals surface area contributed by atoms with Crippen LogP contribution >= 0.6 is 0 Å². The number of carbonyl (C=O) groups is 1. The van der Waals surface area contributed by atoms with Crippen LogP contribution in [-0.4, -0.2) is 30.3 Å². The first-order chi connectivity index (χ1) is 9.67. The van der Waals surface area contributed by atoms with Crippen molar-refractivity contribution >= 4 is 5.91 Å². The molecule has 20 heavy (non-hydrogen) atoms. The van der Waals surface area contributed by atoms with Crippen molar-refractivity contribution in [1.82, 2.24) is 15.5 Å². The average Bonchev–Trinajstić information content (AvgIpc) is 3.00. The lowest BCUT2D eigenvalue weighted by Gasteiger charge is -2.15. The second kappa shape index (κ2) is 6.10. The third-order valence-corrected chi connectivity index (χ3v) is 3.01. The fourth-order valence-electron chi connectivity index (χ4n) is 1.92. The van der Waals surface area contributed by atoms with E-state index in [0.29, 0.717) is 17.1 Å². The molecular weight excluding hydrogens is 258 g/mol. The first kappa shape index (κ1) is 13.9. The number of hydrogen-bond donors (Lipinski definition) is 2. The number of nitrogens with one attached hydrogen (secondary N) is 2. The van der Waals surface area contributed by atoms with Gasteiger partial charge < -0.3 is 14.8 Å². The van der Waals surface area contributed by atoms with E-state index in [1.165, 1.54) is 14.2 Å². The summed E-state index contributed by atoms with van der Waals surface area (Å²) in [5.74, 6) is 0.720. The Labute approximate surface area is 117 Å². The number of carbonyl (C=O) groups excluding carboxylic acids is 1. The Morgan fingerprint density at radius 1 is 1.35 bits per heavy atom. The highest BCUT2D eigenvalue weighted by atomic mass is 16.5. The lowest BCUT2D eigenvalue weighted by Crippen LogP contribution is -2.26. The zero-order valence-electron chi connectivity index (χ0n) is 11.6. The van der Waals surface area contributed by atoms with E-state index in [0.717, 1.165) is 5.56 Å². The van der Waals surface area contributed by atoms with Gasteiger partial charge in [0.25, 0.3) is 5.91 Å². The standard InChI is InChI=1S/C14H17N3O3/c1-9(10-7-15-16-8-10)17-14(18)11-5-4-6-12(19-2)13(11)20-3/h4-9H,1-3H3,(H,15,16)(H,17,18). The molecule has 0 bridgehead atoms. The van der Waals surface area contributed by atoms with Gasteiger partial charge in [0, 0.05) is 11.8 Å². The van der Waals surface area contributed by atoms with E-state index in [1.807, 2.05) is 6.92 Å². The summed E-state index contributed by atoms with van der Waals surface area (Å²) in [6, 6.07) is 5.03. The van der Waals surface area contributed by atoms with Crippen LogP contribution in [0.1, 0.15) is 28.9 Å². The van der Waals surface area contributed by atoms with Gasteiger partial charge in [0.15, 0.2) is 11.5 Å². The molecule has 0 fully saturated rings. The zero-order chi connectivity index (χ0) is 14.5. The largest absolute Gasteiger partial charge is 0.493 e. The van der Waals surface area contributed by atoms with Gasteiger partial charge in [-0.05, 0) is 19.1 Å². The van der Waals surface area contributed by atoms with Gasteiger partial charge in [0.1, 0.15) is 0 Å². The molecule has 0 saturated heterocycles. The van der Waals surface area contributed by atoms with Crippen molar-refractivity contribution in [3.05, 3.63) is 41.7 Å². The van der Waals surface area contributed by atoms with Crippen LogP contribution in [0.4, 0.5) is 0 Å². The van der Waals surface area contributed by atoms with Gasteiger partial charge >= 0.3 is 0 Å². The molecule has 1 aromatic carbocycles. The lowest BCUT2D eigenvalue weighted by atomic mass is 10.1. The molecule has 1 unspecified atom stereocenters. The van der Waals surface area contributed by atoms with Crippen LogP contribution < -0.4 is 14.8 Å². The van der Waals surface area contributed by atoms with Crippen LogP contribution in [0.2, 0.25) is 0 Å². The van der Waals surface area contributed by atoms with Crippen molar-refractivity contribution in [2.45, 2.75) is 13.0 Å². The normalized spacial score (nSPS) is 11.8. The molecule has 1 amide bonds. The summed E-state index contributed by atoms with van der Waals surface area (Å²) in [6.45, 7) is 1.88. The quantitative estimate of drug-likeness (QED) is 0.874. The minimum Gasteiger partial charge on any atom is -0.493 e. The smallest absolute Gasteiger partial charge is 0.255 e. The Bertz CT molecular complexity index is 581. The number of hydrogen-bond acceptors (Lipinski definition) is 4. The van der Waals surface area contributed by atoms with E-state index in [9.17, 15) is 4.79 Å². The Morgan fingerprint density at radius 2 is 2.15 bits per heavy atom. The van der Waals surface area contributed by atoms with Crippen molar-refractivity contribution < 1.29 is 14.3 Å². The molecule has 1 aromatic heterocycles. The number of aromatic amines is 1. The molecule has 2 N–H and O–H groups in total. The Balaban J connectivity index is 2.21. The van der Waals surface area contributed by atoms with Crippen molar-refractivity contribution in [2.24, 2.45) is 0 Å². The molecular formula is C14H17N3O3. The predicted molar refractivity (Wildman–Crippen MR) is 74.0 cm³/mol. The number of methoxy groups -OCH3 is 2. The summed E-state index contributed by atoms with van der Waals surface area (Å²) in [4.78, 5) is 12.3. The molecule has 0 spiro atoms. The summed E-state index contributed by atoms with van der Waals surface area (Å²) in [7, 11) is 3.04. The van der Waals surface area contributed by atoms with E-state index in [2.05, 4.69) is 15.5 Å². The third kappa shape index (κ3) is 2.74. The molecule has 6 nitrogen and oxygen atoms in total. The van der Waals surface area contributed by atoms with Gasteiger partial charge in [0.05, 0.1) is 32.0 Å². The summed E-state index contributed by atoms with van der Waals surface area (Å²) >= 11 is 0. The monoisotopic (exact) mass is 275 g/mol. The molecule has 0 aliphatic heterocycles. The molecule has 0 aliphatic rings. The second-order valence-electron chi connectivity index (χ2n) is 4.27. The number of rotatable bonds is 5. The van der Waals surface area contributed by atoms with Gasteiger partial charge in [0.2, 0.25) is 0 Å². The van der Waals surface area contributed by atoms with E-state index < -0.39 is 0 Å². The number of H-pyrrole nitrogens is 1. The van der Waals surface area contributed by atoms with Gasteiger partial charge in [-0.3, -0.25) is 9.89 Å². The number of benzene rings is 1. The number of aromatic nitrogens is 2. The van der Waals surface area contributed by atoms with Gasteiger partial charge in [-0.2, -0.15) is 5.10 Å². The molecule has 2 rings (SSSR count). The van der Waals surface area contributed by atoms with Crippen LogP contribution in [-0.2, 0) is 0 Å². The first-order valence-electron chi connectivity index (χ1n) is 6.18. The molecule has 0 radical (unpaired) electrons. The third-order valence-electron chi connectivity index (χ3n) is 3.01. The topological polar surface area (TPSA) is 76.2 Å². The maximum Gasteiger partial charge on any atom is 0.255 e. The van der Waals surface area contributed by atoms with Crippen molar-refractivity contribution in [1.29, 1.82) is 0 Å². The van der Waals surface area contributed by atoms with Crippen LogP contribution in [0.25, 0.3) is 0 Å². The molecule has 106 valence electrons. The molecule has 0 aliphatic carbocycles. The molecule has 1 atom stereocenters. The molecule has 1 heterocycles. The molecule has 2 aromatic rings. The van der Waals surface area contributed by atoms with E-state index >= 15 is 0 Å². The maximum absolute atomic E-state index is 12.3. The Morgan fingerprint density at radius 3 is 2.75 bits per heavy atom. The van der Waals surface area contributed by atoms with Crippen molar-refractivity contribution in [3.63, 3.8) is 0 Å². The van der Waals surface area contributed by atoms with E-state index in [1.54, 1.807) is 30.6 Å². The number of amides is 1. The van der Waals surface area contributed by atoms with Gasteiger partial charge in [-0.1, -0.05) is 6.07 Å². The fraction of sp³-hybridized carbons (Fsp3) is 0.286. The summed E-state index contributed by atoms with van der Waals surface area (Å²) in [6.07, 6.45) is 3.42. The van der Waals surface area contributed by atoms with Gasteiger partial charge in [-0.15, -0.1) is 0 Å². The zero-order valence-corrected chi connectivity index (χ0v) is 11.6. The Hall–Kier alpha value is -2.50. The van der Waals surface area contributed by atoms with Crippen LogP contribution in [0.15, 0.2) is 30.6 Å². The predicted octanol–water partition coefficient (Wildman–Crippen LogP) is 1.92. The number of para-hydroxylation sites is 1. The molecule has 6 heteroatoms. The number of ether oxygens (including phenoxy) is 2. The second-order valence-corrected chi connectivity index (χ2v) is 4.27. The minimum absolute atomic E-state index is 0.155. The average molecular weight is 275 g/mol. The van der Waals surface area contributed by atoms with Crippen LogP contribution in [0.3, 0.4) is 0 Å². The first-order valence-corrected chi connectivity index (χ1v) is 6.18. The SMILES string of the molecule is COc1cccc(C(=O)NC(C)c2cn[nH]c2)c1OC. The number of nitrogens with zero attached hydrogens (tertiary/aromatic N) is 1. The summed E-state index contributed by atoms with van der Waals surface area (Å²) in [5, 5.41) is 9.47. The minimum atomic E-state index is -0.227. The summed E-state index contributed by atoms with van der Waals surface area (Å²) in [5.41, 5.74) is 1.34. The maximum atomic E-state index is 12.3. The van der Waals surface area contributed by atoms with Crippen LogP contribution in [0.5, 0.6) is 11.5 Å². The highest BCUT2D eigenvalue weighted by molar-refractivity contribution is 5.98. The van der Waals surface area contributed by atoms with Gasteiger partial charge in [-0.25, -0.2) is 0 Å². The van der Waals surface area contributed by atoms with Crippen LogP contribution in [0, 0.1) is 0 Å². The van der Waals surface area contributed by atoms with E-state index in [-0.39, 0.29) is 11.9 Å². The highest BCUT2D eigenvalue weighted by Gasteiger charge is 2.18. The Kier molecular flexibility index (Phi) is 4.24. The van der Waals surface area contributed by atoms with E-state index in [4.69, 9.17) is 9.47 Å². The molecule has 0 saturated carbocycles. The summed E-state index contributed by atoms with van der Waals surface area (Å²) < 4.78 is 10.4. The fourth-order valence-corrected chi connectivity index (χ4v) is 1.92.